The second kappa shape index (κ2) is 6.04. The standard InChI is InChI=1S/C14H18N4O/c1-11(12-5-3-2-4-6-12)14(19)16-7-8-18-10-13(15)9-17-18/h2-6,9-11H,7-8,15H2,1H3,(H,16,19). The van der Waals surface area contributed by atoms with Crippen molar-refractivity contribution in [3.8, 4) is 0 Å². The van der Waals surface area contributed by atoms with Gasteiger partial charge in [-0.25, -0.2) is 0 Å². The molecular weight excluding hydrogens is 240 g/mol. The molecule has 2 aromatic rings. The van der Waals surface area contributed by atoms with E-state index in [0.717, 1.165) is 5.56 Å². The molecule has 5 nitrogen and oxygen atoms in total. The molecule has 2 rings (SSSR count). The molecular formula is C14H18N4O. The largest absolute Gasteiger partial charge is 0.396 e. The number of aromatic nitrogens is 2. The summed E-state index contributed by atoms with van der Waals surface area (Å²) in [6.45, 7) is 3.05. The molecule has 1 atom stereocenters. The van der Waals surface area contributed by atoms with E-state index in [0.29, 0.717) is 18.8 Å². The molecule has 1 heterocycles. The number of carbonyl (C=O) groups excluding carboxylic acids is 1. The number of nitrogens with zero attached hydrogens (tertiary/aromatic N) is 2. The highest BCUT2D eigenvalue weighted by molar-refractivity contribution is 5.83. The van der Waals surface area contributed by atoms with Crippen molar-refractivity contribution < 1.29 is 4.79 Å². The number of nitrogens with two attached hydrogens (primary N) is 1. The van der Waals surface area contributed by atoms with Crippen LogP contribution in [0.4, 0.5) is 5.69 Å². The molecule has 1 aromatic carbocycles. The first-order valence-corrected chi connectivity index (χ1v) is 6.27. The number of carbonyl (C=O) groups is 1. The van der Waals surface area contributed by atoms with Crippen molar-refractivity contribution in [2.24, 2.45) is 0 Å². The van der Waals surface area contributed by atoms with Crippen LogP contribution in [0, 0.1) is 0 Å². The summed E-state index contributed by atoms with van der Waals surface area (Å²) in [6, 6.07) is 9.73. The zero-order valence-electron chi connectivity index (χ0n) is 10.9. The van der Waals surface area contributed by atoms with Crippen LogP contribution in [0.1, 0.15) is 18.4 Å². The first-order valence-electron chi connectivity index (χ1n) is 6.27. The lowest BCUT2D eigenvalue weighted by molar-refractivity contribution is -0.122. The second-order valence-corrected chi connectivity index (χ2v) is 4.46. The first kappa shape index (κ1) is 13.1. The predicted octanol–water partition coefficient (Wildman–Crippen LogP) is 1.39. The van der Waals surface area contributed by atoms with Crippen LogP contribution in [0.25, 0.3) is 0 Å². The molecule has 3 N–H and O–H groups in total. The second-order valence-electron chi connectivity index (χ2n) is 4.46. The van der Waals surface area contributed by atoms with Gasteiger partial charge in [-0.1, -0.05) is 30.3 Å². The molecule has 0 aliphatic heterocycles. The predicted molar refractivity (Wildman–Crippen MR) is 74.5 cm³/mol. The van der Waals surface area contributed by atoms with Crippen molar-refractivity contribution >= 4 is 11.6 Å². The normalized spacial score (nSPS) is 12.1. The zero-order valence-corrected chi connectivity index (χ0v) is 10.9. The van der Waals surface area contributed by atoms with E-state index in [2.05, 4.69) is 10.4 Å². The number of hydrogen-bond donors (Lipinski definition) is 2. The Morgan fingerprint density at radius 3 is 2.79 bits per heavy atom. The van der Waals surface area contributed by atoms with E-state index >= 15 is 0 Å². The fourth-order valence-corrected chi connectivity index (χ4v) is 1.84. The lowest BCUT2D eigenvalue weighted by Gasteiger charge is -2.12. The van der Waals surface area contributed by atoms with Crippen LogP contribution in [-0.4, -0.2) is 22.2 Å². The number of anilines is 1. The Hall–Kier alpha value is -2.30. The van der Waals surface area contributed by atoms with Crippen LogP contribution in [0.2, 0.25) is 0 Å². The molecule has 0 spiro atoms. The van der Waals surface area contributed by atoms with Gasteiger partial charge in [0.05, 0.1) is 24.3 Å². The van der Waals surface area contributed by atoms with Crippen molar-refractivity contribution in [2.75, 3.05) is 12.3 Å². The summed E-state index contributed by atoms with van der Waals surface area (Å²) in [5.41, 5.74) is 7.21. The van der Waals surface area contributed by atoms with Crippen molar-refractivity contribution in [3.63, 3.8) is 0 Å². The zero-order chi connectivity index (χ0) is 13.7. The highest BCUT2D eigenvalue weighted by atomic mass is 16.1. The van der Waals surface area contributed by atoms with Gasteiger partial charge in [0.2, 0.25) is 5.91 Å². The quantitative estimate of drug-likeness (QED) is 0.851. The highest BCUT2D eigenvalue weighted by Gasteiger charge is 2.13. The van der Waals surface area contributed by atoms with Crippen LogP contribution in [0.5, 0.6) is 0 Å². The number of rotatable bonds is 5. The minimum Gasteiger partial charge on any atom is -0.396 e. The van der Waals surface area contributed by atoms with Crippen molar-refractivity contribution in [3.05, 3.63) is 48.3 Å². The lowest BCUT2D eigenvalue weighted by Crippen LogP contribution is -2.31. The highest BCUT2D eigenvalue weighted by Crippen LogP contribution is 2.14. The third kappa shape index (κ3) is 3.58. The Morgan fingerprint density at radius 2 is 2.16 bits per heavy atom. The number of nitrogen functional groups attached to an aromatic ring is 1. The van der Waals surface area contributed by atoms with Gasteiger partial charge in [0, 0.05) is 12.7 Å². The minimum absolute atomic E-state index is 0.0197. The molecule has 1 unspecified atom stereocenters. The van der Waals surface area contributed by atoms with Crippen LogP contribution in [-0.2, 0) is 11.3 Å². The summed E-state index contributed by atoms with van der Waals surface area (Å²) in [5, 5.41) is 6.95. The van der Waals surface area contributed by atoms with E-state index in [9.17, 15) is 4.79 Å². The van der Waals surface area contributed by atoms with E-state index in [1.54, 1.807) is 17.1 Å². The molecule has 1 aromatic heterocycles. The SMILES string of the molecule is CC(C(=O)NCCn1cc(N)cn1)c1ccccc1. The number of benzene rings is 1. The monoisotopic (exact) mass is 258 g/mol. The van der Waals surface area contributed by atoms with E-state index in [-0.39, 0.29) is 11.8 Å². The Morgan fingerprint density at radius 1 is 1.42 bits per heavy atom. The van der Waals surface area contributed by atoms with Gasteiger partial charge in [-0.2, -0.15) is 5.10 Å². The summed E-state index contributed by atoms with van der Waals surface area (Å²) in [7, 11) is 0. The third-order valence-electron chi connectivity index (χ3n) is 2.99. The summed E-state index contributed by atoms with van der Waals surface area (Å²) >= 11 is 0. The van der Waals surface area contributed by atoms with E-state index < -0.39 is 0 Å². The smallest absolute Gasteiger partial charge is 0.227 e. The van der Waals surface area contributed by atoms with Crippen molar-refractivity contribution in [2.45, 2.75) is 19.4 Å². The molecule has 100 valence electrons. The molecule has 0 aliphatic rings. The average Bonchev–Trinajstić information content (AvgIpc) is 2.84. The molecule has 0 saturated carbocycles. The Balaban J connectivity index is 1.81. The average molecular weight is 258 g/mol. The molecule has 0 saturated heterocycles. The third-order valence-corrected chi connectivity index (χ3v) is 2.99. The van der Waals surface area contributed by atoms with E-state index in [4.69, 9.17) is 5.73 Å². The summed E-state index contributed by atoms with van der Waals surface area (Å²) in [6.07, 6.45) is 3.33. The van der Waals surface area contributed by atoms with Gasteiger partial charge in [0.1, 0.15) is 0 Å². The fourth-order valence-electron chi connectivity index (χ4n) is 1.84. The van der Waals surface area contributed by atoms with Gasteiger partial charge in [-0.05, 0) is 12.5 Å². The van der Waals surface area contributed by atoms with E-state index in [1.165, 1.54) is 0 Å². The van der Waals surface area contributed by atoms with Crippen LogP contribution in [0.15, 0.2) is 42.7 Å². The minimum atomic E-state index is -0.149. The lowest BCUT2D eigenvalue weighted by atomic mass is 10.0. The summed E-state index contributed by atoms with van der Waals surface area (Å²) in [5.74, 6) is -0.129. The molecule has 19 heavy (non-hydrogen) atoms. The van der Waals surface area contributed by atoms with Gasteiger partial charge >= 0.3 is 0 Å². The van der Waals surface area contributed by atoms with Gasteiger partial charge in [-0.3, -0.25) is 9.48 Å². The van der Waals surface area contributed by atoms with E-state index in [1.807, 2.05) is 37.3 Å². The Labute approximate surface area is 112 Å². The molecule has 0 bridgehead atoms. The van der Waals surface area contributed by atoms with Gasteiger partial charge in [0.25, 0.3) is 0 Å². The number of hydrogen-bond acceptors (Lipinski definition) is 3. The van der Waals surface area contributed by atoms with Crippen molar-refractivity contribution in [1.82, 2.24) is 15.1 Å². The van der Waals surface area contributed by atoms with Crippen LogP contribution >= 0.6 is 0 Å². The maximum absolute atomic E-state index is 12.0. The Kier molecular flexibility index (Phi) is 4.18. The summed E-state index contributed by atoms with van der Waals surface area (Å²) < 4.78 is 1.71. The molecule has 0 aliphatic carbocycles. The summed E-state index contributed by atoms with van der Waals surface area (Å²) in [4.78, 5) is 12.0. The maximum Gasteiger partial charge on any atom is 0.227 e. The molecule has 0 radical (unpaired) electrons. The van der Waals surface area contributed by atoms with Crippen LogP contribution in [0.3, 0.4) is 0 Å². The van der Waals surface area contributed by atoms with Gasteiger partial charge < -0.3 is 11.1 Å². The number of nitrogens with one attached hydrogen (secondary N) is 1. The maximum atomic E-state index is 12.0. The first-order chi connectivity index (χ1) is 9.16. The van der Waals surface area contributed by atoms with Crippen molar-refractivity contribution in [1.29, 1.82) is 0 Å². The fraction of sp³-hybridized carbons (Fsp3) is 0.286. The molecule has 0 fully saturated rings. The Bertz CT molecular complexity index is 535. The molecule has 5 heteroatoms. The van der Waals surface area contributed by atoms with Crippen LogP contribution < -0.4 is 11.1 Å². The molecule has 1 amide bonds. The van der Waals surface area contributed by atoms with Gasteiger partial charge in [0.15, 0.2) is 0 Å². The number of amides is 1. The van der Waals surface area contributed by atoms with Gasteiger partial charge in [-0.15, -0.1) is 0 Å². The topological polar surface area (TPSA) is 72.9 Å².